The Morgan fingerprint density at radius 2 is 1.62 bits per heavy atom. The highest BCUT2D eigenvalue weighted by Gasteiger charge is 2.06. The van der Waals surface area contributed by atoms with Gasteiger partial charge < -0.3 is 9.53 Å². The molecular formula is C18H36O3. The van der Waals surface area contributed by atoms with Crippen LogP contribution in [-0.4, -0.2) is 18.9 Å². The zero-order valence-electron chi connectivity index (χ0n) is 14.7. The highest BCUT2D eigenvalue weighted by Crippen LogP contribution is 2.12. The monoisotopic (exact) mass is 300 g/mol. The number of aldehydes is 1. The van der Waals surface area contributed by atoms with E-state index >= 15 is 0 Å². The maximum absolute atomic E-state index is 10.5. The highest BCUT2D eigenvalue weighted by atomic mass is 16.5. The van der Waals surface area contributed by atoms with Crippen LogP contribution in [-0.2, 0) is 14.3 Å². The summed E-state index contributed by atoms with van der Waals surface area (Å²) in [5.74, 6) is 0.402. The van der Waals surface area contributed by atoms with Gasteiger partial charge in [-0.15, -0.1) is 0 Å². The van der Waals surface area contributed by atoms with E-state index in [0.717, 1.165) is 25.5 Å². The Bertz CT molecular complexity index is 227. The molecule has 0 heterocycles. The van der Waals surface area contributed by atoms with Crippen LogP contribution in [0.2, 0.25) is 0 Å². The van der Waals surface area contributed by atoms with Crippen molar-refractivity contribution in [2.24, 2.45) is 5.92 Å². The number of rotatable bonds is 12. The molecule has 0 aliphatic rings. The summed E-state index contributed by atoms with van der Waals surface area (Å²) in [5.41, 5.74) is 0. The highest BCUT2D eigenvalue weighted by molar-refractivity contribution is 5.65. The Morgan fingerprint density at radius 1 is 1.00 bits per heavy atom. The van der Waals surface area contributed by atoms with E-state index in [9.17, 15) is 9.59 Å². The van der Waals surface area contributed by atoms with Gasteiger partial charge in [-0.25, -0.2) is 0 Å². The Kier molecular flexibility index (Phi) is 20.4. The van der Waals surface area contributed by atoms with Gasteiger partial charge >= 0.3 is 5.97 Å². The normalized spacial score (nSPS) is 11.2. The van der Waals surface area contributed by atoms with Gasteiger partial charge in [0, 0.05) is 13.3 Å². The minimum atomic E-state index is -0.162. The Hall–Kier alpha value is -0.860. The largest absolute Gasteiger partial charge is 0.466 e. The molecule has 21 heavy (non-hydrogen) atoms. The van der Waals surface area contributed by atoms with Crippen molar-refractivity contribution in [2.45, 2.75) is 91.9 Å². The van der Waals surface area contributed by atoms with Gasteiger partial charge in [0.25, 0.3) is 0 Å². The number of ether oxygens (including phenoxy) is 1. The van der Waals surface area contributed by atoms with Crippen molar-refractivity contribution in [3.63, 3.8) is 0 Å². The molecule has 0 saturated carbocycles. The number of unbranched alkanes of at least 4 members (excludes halogenated alkanes) is 6. The summed E-state index contributed by atoms with van der Waals surface area (Å²) in [7, 11) is 0. The third-order valence-corrected chi connectivity index (χ3v) is 3.49. The standard InChI is InChI=1S/C10H20O2.C8H16O/c1-4-6-7-10(5-2)8-12-9(3)11;1-2-3-4-5-6-7-8-9/h10H,4-8H2,1-3H3;8H,2-7H2,1H3. The first-order chi connectivity index (χ1) is 10.1. The first-order valence-corrected chi connectivity index (χ1v) is 8.69. The van der Waals surface area contributed by atoms with Crippen LogP contribution in [0, 0.1) is 5.92 Å². The molecule has 0 saturated heterocycles. The topological polar surface area (TPSA) is 43.4 Å². The van der Waals surface area contributed by atoms with E-state index in [1.807, 2.05) is 0 Å². The van der Waals surface area contributed by atoms with Crippen molar-refractivity contribution < 1.29 is 14.3 Å². The van der Waals surface area contributed by atoms with Gasteiger partial charge in [-0.3, -0.25) is 4.79 Å². The summed E-state index contributed by atoms with van der Waals surface area (Å²) in [5, 5.41) is 0. The van der Waals surface area contributed by atoms with Gasteiger partial charge in [-0.1, -0.05) is 65.7 Å². The van der Waals surface area contributed by atoms with Gasteiger partial charge in [0.2, 0.25) is 0 Å². The summed E-state index contributed by atoms with van der Waals surface area (Å²) >= 11 is 0. The van der Waals surface area contributed by atoms with Gasteiger partial charge in [0.15, 0.2) is 0 Å². The average Bonchev–Trinajstić information content (AvgIpc) is 2.48. The zero-order chi connectivity index (χ0) is 16.3. The van der Waals surface area contributed by atoms with Gasteiger partial charge in [0.05, 0.1) is 6.61 Å². The lowest BCUT2D eigenvalue weighted by atomic mass is 10.0. The quantitative estimate of drug-likeness (QED) is 0.278. The summed E-state index contributed by atoms with van der Waals surface area (Å²) in [4.78, 5) is 20.4. The van der Waals surface area contributed by atoms with E-state index < -0.39 is 0 Å². The zero-order valence-corrected chi connectivity index (χ0v) is 14.7. The van der Waals surface area contributed by atoms with Gasteiger partial charge in [-0.05, 0) is 18.8 Å². The molecule has 0 N–H and O–H groups in total. The predicted octanol–water partition coefficient (Wildman–Crippen LogP) is 5.31. The van der Waals surface area contributed by atoms with Crippen molar-refractivity contribution in [3.8, 4) is 0 Å². The summed E-state index contributed by atoms with van der Waals surface area (Å²) in [6.07, 6.45) is 12.7. The molecule has 0 rings (SSSR count). The Morgan fingerprint density at radius 3 is 2.10 bits per heavy atom. The van der Waals surface area contributed by atoms with Crippen LogP contribution in [0.5, 0.6) is 0 Å². The Labute approximate surface area is 131 Å². The van der Waals surface area contributed by atoms with Crippen LogP contribution in [0.3, 0.4) is 0 Å². The molecule has 0 aromatic carbocycles. The van der Waals surface area contributed by atoms with Crippen molar-refractivity contribution in [2.75, 3.05) is 6.61 Å². The van der Waals surface area contributed by atoms with Gasteiger partial charge in [-0.2, -0.15) is 0 Å². The second-order valence-corrected chi connectivity index (χ2v) is 5.59. The van der Waals surface area contributed by atoms with Crippen LogP contribution >= 0.6 is 0 Å². The summed E-state index contributed by atoms with van der Waals surface area (Å²) in [6.45, 7) is 8.58. The van der Waals surface area contributed by atoms with E-state index in [4.69, 9.17) is 4.74 Å². The van der Waals surface area contributed by atoms with Crippen LogP contribution in [0.1, 0.15) is 91.9 Å². The number of hydrogen-bond acceptors (Lipinski definition) is 3. The van der Waals surface area contributed by atoms with Crippen molar-refractivity contribution in [1.29, 1.82) is 0 Å². The molecule has 0 bridgehead atoms. The molecule has 126 valence electrons. The molecule has 3 nitrogen and oxygen atoms in total. The number of hydrogen-bond donors (Lipinski definition) is 0. The molecule has 3 heteroatoms. The van der Waals surface area contributed by atoms with Crippen LogP contribution in [0.4, 0.5) is 0 Å². The maximum Gasteiger partial charge on any atom is 0.302 e. The van der Waals surface area contributed by atoms with Crippen LogP contribution < -0.4 is 0 Å². The molecule has 0 aliphatic carbocycles. The second-order valence-electron chi connectivity index (χ2n) is 5.59. The van der Waals surface area contributed by atoms with Crippen molar-refractivity contribution in [3.05, 3.63) is 0 Å². The minimum Gasteiger partial charge on any atom is -0.466 e. The molecule has 0 radical (unpaired) electrons. The number of esters is 1. The predicted molar refractivity (Wildman–Crippen MR) is 89.4 cm³/mol. The van der Waals surface area contributed by atoms with Crippen molar-refractivity contribution in [1.82, 2.24) is 0 Å². The van der Waals surface area contributed by atoms with Crippen LogP contribution in [0.15, 0.2) is 0 Å². The fourth-order valence-electron chi connectivity index (χ4n) is 1.96. The summed E-state index contributed by atoms with van der Waals surface area (Å²) in [6, 6.07) is 0. The fourth-order valence-corrected chi connectivity index (χ4v) is 1.96. The first-order valence-electron chi connectivity index (χ1n) is 8.69. The van der Waals surface area contributed by atoms with E-state index in [0.29, 0.717) is 12.5 Å². The smallest absolute Gasteiger partial charge is 0.302 e. The minimum absolute atomic E-state index is 0.162. The third-order valence-electron chi connectivity index (χ3n) is 3.49. The second kappa shape index (κ2) is 19.1. The van der Waals surface area contributed by atoms with E-state index in [1.54, 1.807) is 0 Å². The maximum atomic E-state index is 10.5. The lowest BCUT2D eigenvalue weighted by Gasteiger charge is -2.13. The average molecular weight is 300 g/mol. The molecule has 0 amide bonds. The molecule has 0 aromatic heterocycles. The fraction of sp³-hybridized carbons (Fsp3) is 0.889. The first kappa shape index (κ1) is 22.4. The van der Waals surface area contributed by atoms with E-state index in [-0.39, 0.29) is 5.97 Å². The molecule has 1 unspecified atom stereocenters. The molecular weight excluding hydrogens is 264 g/mol. The third kappa shape index (κ3) is 21.6. The molecule has 0 fully saturated rings. The lowest BCUT2D eigenvalue weighted by Crippen LogP contribution is -2.11. The number of carbonyl (C=O) groups excluding carboxylic acids is 2. The van der Waals surface area contributed by atoms with Crippen LogP contribution in [0.25, 0.3) is 0 Å². The SMILES string of the molecule is CCCCC(CC)COC(C)=O.CCCCCCCC=O. The van der Waals surface area contributed by atoms with E-state index in [2.05, 4.69) is 20.8 Å². The van der Waals surface area contributed by atoms with Crippen molar-refractivity contribution >= 4 is 12.3 Å². The molecule has 0 aliphatic heterocycles. The molecule has 0 spiro atoms. The summed E-state index contributed by atoms with van der Waals surface area (Å²) < 4.78 is 4.95. The number of carbonyl (C=O) groups is 2. The Balaban J connectivity index is 0. The lowest BCUT2D eigenvalue weighted by molar-refractivity contribution is -0.142. The van der Waals surface area contributed by atoms with Gasteiger partial charge in [0.1, 0.15) is 6.29 Å². The molecule has 0 aromatic rings. The molecule has 1 atom stereocenters. The van der Waals surface area contributed by atoms with E-state index in [1.165, 1.54) is 51.9 Å².